The van der Waals surface area contributed by atoms with E-state index in [-0.39, 0.29) is 23.5 Å². The van der Waals surface area contributed by atoms with Crippen molar-refractivity contribution in [2.75, 3.05) is 4.90 Å². The van der Waals surface area contributed by atoms with Crippen LogP contribution in [0.4, 0.5) is 20.2 Å². The van der Waals surface area contributed by atoms with Crippen molar-refractivity contribution < 1.29 is 13.6 Å². The molecule has 5 heteroatoms. The van der Waals surface area contributed by atoms with Crippen molar-refractivity contribution in [3.8, 4) is 0 Å². The summed E-state index contributed by atoms with van der Waals surface area (Å²) in [6.45, 7) is 0. The molecule has 136 valence electrons. The lowest BCUT2D eigenvalue weighted by Gasteiger charge is -2.27. The standard InChI is InChI=1S/C22H18F2N2O/c23-16-6-10-18(11-7-16)25-20-14-21(15-4-2-1-3-5-15)26(22(20)27)19-12-8-17(24)9-13-19/h1-2,6-15H,3-5H2. The second-order valence-corrected chi connectivity index (χ2v) is 6.64. The van der Waals surface area contributed by atoms with E-state index >= 15 is 0 Å². The summed E-state index contributed by atoms with van der Waals surface area (Å²) in [7, 11) is 0. The minimum atomic E-state index is -0.352. The Morgan fingerprint density at radius 2 is 1.59 bits per heavy atom. The third kappa shape index (κ3) is 3.58. The molecule has 1 aliphatic carbocycles. The van der Waals surface area contributed by atoms with E-state index in [4.69, 9.17) is 0 Å². The molecule has 0 N–H and O–H groups in total. The molecule has 4 rings (SSSR count). The van der Waals surface area contributed by atoms with E-state index in [1.165, 1.54) is 36.4 Å². The van der Waals surface area contributed by atoms with Gasteiger partial charge in [0.25, 0.3) is 5.91 Å². The van der Waals surface area contributed by atoms with E-state index in [1.54, 1.807) is 23.1 Å². The van der Waals surface area contributed by atoms with Crippen LogP contribution in [0.25, 0.3) is 0 Å². The van der Waals surface area contributed by atoms with Crippen molar-refractivity contribution in [3.05, 3.63) is 84.1 Å². The first-order valence-electron chi connectivity index (χ1n) is 8.93. The fraction of sp³-hybridized carbons (Fsp3) is 0.182. The maximum Gasteiger partial charge on any atom is 0.281 e. The minimum Gasteiger partial charge on any atom is -0.279 e. The summed E-state index contributed by atoms with van der Waals surface area (Å²) in [6.07, 6.45) is 8.82. The van der Waals surface area contributed by atoms with Crippen LogP contribution in [-0.4, -0.2) is 11.6 Å². The van der Waals surface area contributed by atoms with Gasteiger partial charge < -0.3 is 0 Å². The molecule has 1 atom stereocenters. The van der Waals surface area contributed by atoms with E-state index < -0.39 is 0 Å². The average molecular weight is 364 g/mol. The monoisotopic (exact) mass is 364 g/mol. The lowest BCUT2D eigenvalue weighted by molar-refractivity contribution is -0.111. The van der Waals surface area contributed by atoms with Crippen molar-refractivity contribution in [2.24, 2.45) is 10.9 Å². The lowest BCUT2D eigenvalue weighted by Crippen LogP contribution is -2.31. The summed E-state index contributed by atoms with van der Waals surface area (Å²) in [6, 6.07) is 11.6. The maximum atomic E-state index is 13.3. The fourth-order valence-electron chi connectivity index (χ4n) is 3.45. The fourth-order valence-corrected chi connectivity index (χ4v) is 3.45. The Labute approximate surface area is 156 Å². The first-order valence-corrected chi connectivity index (χ1v) is 8.93. The van der Waals surface area contributed by atoms with Gasteiger partial charge in [0.1, 0.15) is 17.3 Å². The number of allylic oxidation sites excluding steroid dienone is 3. The van der Waals surface area contributed by atoms with Gasteiger partial charge in [-0.15, -0.1) is 0 Å². The number of anilines is 1. The second kappa shape index (κ2) is 7.27. The van der Waals surface area contributed by atoms with Gasteiger partial charge >= 0.3 is 0 Å². The zero-order valence-electron chi connectivity index (χ0n) is 14.6. The molecule has 1 heterocycles. The van der Waals surface area contributed by atoms with Crippen LogP contribution < -0.4 is 4.90 Å². The highest BCUT2D eigenvalue weighted by Gasteiger charge is 2.34. The molecule has 2 aromatic carbocycles. The number of nitrogens with zero attached hydrogens (tertiary/aromatic N) is 2. The van der Waals surface area contributed by atoms with Gasteiger partial charge in [0.2, 0.25) is 0 Å². The Balaban J connectivity index is 1.74. The van der Waals surface area contributed by atoms with Crippen molar-refractivity contribution in [1.82, 2.24) is 0 Å². The van der Waals surface area contributed by atoms with Gasteiger partial charge in [-0.3, -0.25) is 9.69 Å². The summed E-state index contributed by atoms with van der Waals surface area (Å²) in [5.74, 6) is -0.757. The quantitative estimate of drug-likeness (QED) is 0.678. The van der Waals surface area contributed by atoms with Gasteiger partial charge in [0.05, 0.1) is 5.69 Å². The molecular formula is C22H18F2N2O. The predicted molar refractivity (Wildman–Crippen MR) is 102 cm³/mol. The number of carbonyl (C=O) groups is 1. The number of amides is 1. The minimum absolute atomic E-state index is 0.199. The van der Waals surface area contributed by atoms with E-state index in [2.05, 4.69) is 17.1 Å². The van der Waals surface area contributed by atoms with Crippen molar-refractivity contribution >= 4 is 23.0 Å². The van der Waals surface area contributed by atoms with Gasteiger partial charge in [-0.2, -0.15) is 0 Å². The molecule has 1 aliphatic heterocycles. The van der Waals surface area contributed by atoms with Crippen LogP contribution in [0, 0.1) is 17.6 Å². The molecule has 27 heavy (non-hydrogen) atoms. The lowest BCUT2D eigenvalue weighted by atomic mass is 9.91. The molecule has 0 fully saturated rings. The number of aliphatic imine (C=N–C) groups is 1. The Bertz CT molecular complexity index is 943. The average Bonchev–Trinajstić information content (AvgIpc) is 3.01. The van der Waals surface area contributed by atoms with E-state index in [9.17, 15) is 13.6 Å². The molecule has 0 aromatic heterocycles. The number of benzene rings is 2. The van der Waals surface area contributed by atoms with E-state index in [0.29, 0.717) is 17.1 Å². The molecule has 2 aromatic rings. The molecule has 0 spiro atoms. The summed E-state index contributed by atoms with van der Waals surface area (Å²) < 4.78 is 26.5. The Morgan fingerprint density at radius 3 is 2.22 bits per heavy atom. The molecular weight excluding hydrogens is 346 g/mol. The number of carbonyl (C=O) groups excluding carboxylic acids is 1. The topological polar surface area (TPSA) is 32.7 Å². The highest BCUT2D eigenvalue weighted by molar-refractivity contribution is 6.51. The van der Waals surface area contributed by atoms with Gasteiger partial charge in [0, 0.05) is 17.3 Å². The van der Waals surface area contributed by atoms with Crippen molar-refractivity contribution in [1.29, 1.82) is 0 Å². The molecule has 0 bridgehead atoms. The van der Waals surface area contributed by atoms with Crippen LogP contribution in [0.2, 0.25) is 0 Å². The zero-order chi connectivity index (χ0) is 18.8. The molecule has 2 aliphatic rings. The van der Waals surface area contributed by atoms with Crippen LogP contribution >= 0.6 is 0 Å². The number of hydrogen-bond acceptors (Lipinski definition) is 2. The van der Waals surface area contributed by atoms with Crippen LogP contribution in [0.3, 0.4) is 0 Å². The Hall–Kier alpha value is -3.08. The zero-order valence-corrected chi connectivity index (χ0v) is 14.6. The molecule has 0 saturated heterocycles. The molecule has 0 radical (unpaired) electrons. The Kier molecular flexibility index (Phi) is 4.67. The molecule has 1 amide bonds. The molecule has 0 saturated carbocycles. The van der Waals surface area contributed by atoms with Crippen molar-refractivity contribution in [3.63, 3.8) is 0 Å². The highest BCUT2D eigenvalue weighted by atomic mass is 19.1. The second-order valence-electron chi connectivity index (χ2n) is 6.64. The van der Waals surface area contributed by atoms with Gasteiger partial charge in [-0.1, -0.05) is 12.2 Å². The highest BCUT2D eigenvalue weighted by Crippen LogP contribution is 2.35. The third-order valence-electron chi connectivity index (χ3n) is 4.81. The molecule has 3 nitrogen and oxygen atoms in total. The first kappa shape index (κ1) is 17.3. The van der Waals surface area contributed by atoms with Gasteiger partial charge in [-0.25, -0.2) is 13.8 Å². The molecule has 1 unspecified atom stereocenters. The SMILES string of the molecule is O=C1C(=Nc2ccc(F)cc2)C=C(C2CC=CCC2)N1c1ccc(F)cc1. The number of hydrogen-bond donors (Lipinski definition) is 0. The number of rotatable bonds is 3. The third-order valence-corrected chi connectivity index (χ3v) is 4.81. The van der Waals surface area contributed by atoms with Crippen LogP contribution in [-0.2, 0) is 4.79 Å². The smallest absolute Gasteiger partial charge is 0.279 e. The summed E-state index contributed by atoms with van der Waals surface area (Å²) in [4.78, 5) is 19.1. The number of halogens is 2. The predicted octanol–water partition coefficient (Wildman–Crippen LogP) is 5.32. The van der Waals surface area contributed by atoms with Gasteiger partial charge in [0.15, 0.2) is 0 Å². The van der Waals surface area contributed by atoms with E-state index in [0.717, 1.165) is 25.0 Å². The van der Waals surface area contributed by atoms with Crippen LogP contribution in [0.15, 0.2) is 77.4 Å². The van der Waals surface area contributed by atoms with Crippen molar-refractivity contribution in [2.45, 2.75) is 19.3 Å². The first-order chi connectivity index (χ1) is 13.1. The Morgan fingerprint density at radius 1 is 0.926 bits per heavy atom. The van der Waals surface area contributed by atoms with Crippen LogP contribution in [0.5, 0.6) is 0 Å². The van der Waals surface area contributed by atoms with E-state index in [1.807, 2.05) is 0 Å². The van der Waals surface area contributed by atoms with Crippen LogP contribution in [0.1, 0.15) is 19.3 Å². The normalized spacial score (nSPS) is 21.0. The largest absolute Gasteiger partial charge is 0.281 e. The summed E-state index contributed by atoms with van der Waals surface area (Å²) >= 11 is 0. The summed E-state index contributed by atoms with van der Waals surface area (Å²) in [5, 5.41) is 0. The van der Waals surface area contributed by atoms with Gasteiger partial charge in [-0.05, 0) is 73.9 Å². The maximum absolute atomic E-state index is 13.3. The summed E-state index contributed by atoms with van der Waals surface area (Å²) in [5.41, 5.74) is 2.30.